The number of nitrogens with zero attached hydrogens (tertiary/aromatic N) is 1. The van der Waals surface area contributed by atoms with Gasteiger partial charge in [0.05, 0.1) is 10.9 Å². The highest BCUT2D eigenvalue weighted by Crippen LogP contribution is 2.19. The Kier molecular flexibility index (Phi) is 6.66. The van der Waals surface area contributed by atoms with E-state index in [2.05, 4.69) is 32.3 Å². The first kappa shape index (κ1) is 19.6. The number of aromatic amines is 1. The van der Waals surface area contributed by atoms with Crippen LogP contribution in [0.1, 0.15) is 44.9 Å². The van der Waals surface area contributed by atoms with Crippen molar-refractivity contribution in [2.75, 3.05) is 6.54 Å². The second-order valence-corrected chi connectivity index (χ2v) is 7.80. The zero-order valence-electron chi connectivity index (χ0n) is 15.2. The SMILES string of the molecule is O=C(CCCn1c(=O)[nH]c2ccc(Br)cc2c1=O)NCCC1=CCCCC1. The third-order valence-corrected chi connectivity index (χ3v) is 5.38. The van der Waals surface area contributed by atoms with Gasteiger partial charge in [-0.05, 0) is 56.7 Å². The minimum Gasteiger partial charge on any atom is -0.356 e. The molecule has 0 radical (unpaired) electrons. The summed E-state index contributed by atoms with van der Waals surface area (Å²) in [4.78, 5) is 39.4. The molecule has 1 aliphatic carbocycles. The number of halogens is 1. The number of benzene rings is 1. The maximum Gasteiger partial charge on any atom is 0.328 e. The molecule has 0 atom stereocenters. The molecular weight excluding hydrogens is 410 g/mol. The Morgan fingerprint density at radius 3 is 2.89 bits per heavy atom. The lowest BCUT2D eigenvalue weighted by Crippen LogP contribution is -2.35. The van der Waals surface area contributed by atoms with Gasteiger partial charge in [-0.2, -0.15) is 0 Å². The number of hydrogen-bond acceptors (Lipinski definition) is 3. The van der Waals surface area contributed by atoms with Gasteiger partial charge in [-0.3, -0.25) is 14.2 Å². The molecule has 7 heteroatoms. The van der Waals surface area contributed by atoms with E-state index in [9.17, 15) is 14.4 Å². The molecule has 0 fully saturated rings. The van der Waals surface area contributed by atoms with E-state index in [4.69, 9.17) is 0 Å². The quantitative estimate of drug-likeness (QED) is 0.657. The summed E-state index contributed by atoms with van der Waals surface area (Å²) in [6.07, 6.45) is 8.72. The first-order valence-electron chi connectivity index (χ1n) is 9.41. The second kappa shape index (κ2) is 9.17. The molecule has 0 bridgehead atoms. The lowest BCUT2D eigenvalue weighted by Gasteiger charge is -2.13. The number of amides is 1. The molecule has 3 rings (SSSR count). The Bertz CT molecular complexity index is 975. The molecule has 0 saturated heterocycles. The molecule has 0 unspecified atom stereocenters. The van der Waals surface area contributed by atoms with Crippen LogP contribution in [0.25, 0.3) is 10.9 Å². The minimum atomic E-state index is -0.445. The van der Waals surface area contributed by atoms with Gasteiger partial charge in [0.25, 0.3) is 5.56 Å². The fraction of sp³-hybridized carbons (Fsp3) is 0.450. The Labute approximate surface area is 165 Å². The van der Waals surface area contributed by atoms with E-state index in [1.165, 1.54) is 18.4 Å². The molecular formula is C20H24BrN3O3. The van der Waals surface area contributed by atoms with Gasteiger partial charge < -0.3 is 10.3 Å². The zero-order chi connectivity index (χ0) is 19.2. The van der Waals surface area contributed by atoms with Crippen molar-refractivity contribution in [1.29, 1.82) is 0 Å². The second-order valence-electron chi connectivity index (χ2n) is 6.89. The first-order chi connectivity index (χ1) is 13.0. The average Bonchev–Trinajstić information content (AvgIpc) is 2.66. The van der Waals surface area contributed by atoms with Crippen LogP contribution in [0, 0.1) is 0 Å². The van der Waals surface area contributed by atoms with Crippen molar-refractivity contribution in [2.24, 2.45) is 0 Å². The van der Waals surface area contributed by atoms with Gasteiger partial charge in [-0.25, -0.2) is 4.79 Å². The Balaban J connectivity index is 1.52. The van der Waals surface area contributed by atoms with E-state index in [0.717, 1.165) is 28.3 Å². The van der Waals surface area contributed by atoms with Crippen LogP contribution in [0.2, 0.25) is 0 Å². The summed E-state index contributed by atoms with van der Waals surface area (Å²) < 4.78 is 1.94. The van der Waals surface area contributed by atoms with Crippen molar-refractivity contribution >= 4 is 32.7 Å². The van der Waals surface area contributed by atoms with E-state index in [-0.39, 0.29) is 18.0 Å². The molecule has 2 aromatic rings. The Morgan fingerprint density at radius 2 is 2.11 bits per heavy atom. The Hall–Kier alpha value is -2.15. The van der Waals surface area contributed by atoms with Crippen molar-refractivity contribution < 1.29 is 4.79 Å². The molecule has 6 nitrogen and oxygen atoms in total. The molecule has 1 aromatic heterocycles. The number of aromatic nitrogens is 2. The molecule has 0 aliphatic heterocycles. The Morgan fingerprint density at radius 1 is 1.26 bits per heavy atom. The average molecular weight is 434 g/mol. The highest BCUT2D eigenvalue weighted by Gasteiger charge is 2.09. The highest BCUT2D eigenvalue weighted by atomic mass is 79.9. The summed E-state index contributed by atoms with van der Waals surface area (Å²) in [5.74, 6) is -0.0422. The van der Waals surface area contributed by atoms with Crippen molar-refractivity contribution in [3.8, 4) is 0 Å². The zero-order valence-corrected chi connectivity index (χ0v) is 16.8. The smallest absolute Gasteiger partial charge is 0.328 e. The fourth-order valence-corrected chi connectivity index (χ4v) is 3.77. The minimum absolute atomic E-state index is 0.0422. The molecule has 144 valence electrons. The van der Waals surface area contributed by atoms with Crippen molar-refractivity contribution in [3.63, 3.8) is 0 Å². The maximum absolute atomic E-state index is 12.5. The van der Waals surface area contributed by atoms with Gasteiger partial charge in [0.2, 0.25) is 5.91 Å². The molecule has 2 N–H and O–H groups in total. The number of H-pyrrole nitrogens is 1. The normalized spacial score (nSPS) is 14.2. The van der Waals surface area contributed by atoms with Gasteiger partial charge in [0, 0.05) is 24.0 Å². The van der Waals surface area contributed by atoms with Crippen LogP contribution in [0.15, 0.2) is 43.9 Å². The van der Waals surface area contributed by atoms with E-state index >= 15 is 0 Å². The van der Waals surface area contributed by atoms with Gasteiger partial charge in [0.15, 0.2) is 0 Å². The molecule has 1 heterocycles. The van der Waals surface area contributed by atoms with Crippen LogP contribution in [-0.4, -0.2) is 22.0 Å². The van der Waals surface area contributed by atoms with Gasteiger partial charge in [0.1, 0.15) is 0 Å². The number of fused-ring (bicyclic) bond motifs is 1. The number of hydrogen-bond donors (Lipinski definition) is 2. The summed E-state index contributed by atoms with van der Waals surface area (Å²) in [5, 5.41) is 3.38. The molecule has 0 saturated carbocycles. The van der Waals surface area contributed by atoms with E-state index in [0.29, 0.717) is 30.3 Å². The third kappa shape index (κ3) is 5.19. The molecule has 1 aliphatic rings. The summed E-state index contributed by atoms with van der Waals surface area (Å²) in [6.45, 7) is 0.865. The van der Waals surface area contributed by atoms with Crippen molar-refractivity contribution in [1.82, 2.24) is 14.9 Å². The fourth-order valence-electron chi connectivity index (χ4n) is 3.41. The van der Waals surface area contributed by atoms with Gasteiger partial charge >= 0.3 is 5.69 Å². The van der Waals surface area contributed by atoms with Crippen LogP contribution in [0.5, 0.6) is 0 Å². The number of allylic oxidation sites excluding steroid dienone is 1. The number of nitrogens with one attached hydrogen (secondary N) is 2. The van der Waals surface area contributed by atoms with Gasteiger partial charge in [-0.15, -0.1) is 0 Å². The van der Waals surface area contributed by atoms with Crippen molar-refractivity contribution in [3.05, 3.63) is 55.2 Å². The van der Waals surface area contributed by atoms with Crippen LogP contribution < -0.4 is 16.6 Å². The first-order valence-corrected chi connectivity index (χ1v) is 10.2. The molecule has 1 amide bonds. The standard InChI is InChI=1S/C20H24BrN3O3/c21-15-8-9-17-16(13-15)19(26)24(20(27)23-17)12-4-7-18(25)22-11-10-14-5-2-1-3-6-14/h5,8-9,13H,1-4,6-7,10-12H2,(H,22,25)(H,23,27). The lowest BCUT2D eigenvalue weighted by molar-refractivity contribution is -0.121. The molecule has 27 heavy (non-hydrogen) atoms. The summed E-state index contributed by atoms with van der Waals surface area (Å²) >= 11 is 3.34. The summed E-state index contributed by atoms with van der Waals surface area (Å²) in [5.41, 5.74) is 1.17. The highest BCUT2D eigenvalue weighted by molar-refractivity contribution is 9.10. The van der Waals surface area contributed by atoms with E-state index in [1.807, 2.05) is 0 Å². The van der Waals surface area contributed by atoms with Crippen LogP contribution in [0.3, 0.4) is 0 Å². The summed E-state index contributed by atoms with van der Waals surface area (Å²) in [7, 11) is 0. The molecule has 1 aromatic carbocycles. The van der Waals surface area contributed by atoms with Crippen molar-refractivity contribution in [2.45, 2.75) is 51.5 Å². The summed E-state index contributed by atoms with van der Waals surface area (Å²) in [6, 6.07) is 5.16. The van der Waals surface area contributed by atoms with Crippen LogP contribution in [0.4, 0.5) is 0 Å². The maximum atomic E-state index is 12.5. The van der Waals surface area contributed by atoms with Crippen LogP contribution >= 0.6 is 15.9 Å². The van der Waals surface area contributed by atoms with Crippen LogP contribution in [-0.2, 0) is 11.3 Å². The number of carbonyl (C=O) groups is 1. The van der Waals surface area contributed by atoms with E-state index < -0.39 is 5.69 Å². The predicted octanol–water partition coefficient (Wildman–Crippen LogP) is 3.24. The predicted molar refractivity (Wildman–Crippen MR) is 110 cm³/mol. The lowest BCUT2D eigenvalue weighted by atomic mass is 9.97. The van der Waals surface area contributed by atoms with E-state index in [1.54, 1.807) is 18.2 Å². The number of carbonyl (C=O) groups excluding carboxylic acids is 1. The molecule has 0 spiro atoms. The van der Waals surface area contributed by atoms with Gasteiger partial charge in [-0.1, -0.05) is 27.6 Å². The topological polar surface area (TPSA) is 84.0 Å². The number of rotatable bonds is 7. The monoisotopic (exact) mass is 433 g/mol. The largest absolute Gasteiger partial charge is 0.356 e. The third-order valence-electron chi connectivity index (χ3n) is 4.88.